The van der Waals surface area contributed by atoms with Crippen molar-refractivity contribution in [3.05, 3.63) is 47.8 Å². The van der Waals surface area contributed by atoms with Gasteiger partial charge in [0.15, 0.2) is 5.96 Å². The van der Waals surface area contributed by atoms with Crippen LogP contribution in [-0.4, -0.2) is 60.5 Å². The number of aryl methyl sites for hydroxylation is 1. The van der Waals surface area contributed by atoms with Crippen molar-refractivity contribution in [1.29, 1.82) is 0 Å². The molecule has 7 nitrogen and oxygen atoms in total. The monoisotopic (exact) mass is 527 g/mol. The molecule has 1 fully saturated rings. The summed E-state index contributed by atoms with van der Waals surface area (Å²) in [5, 5.41) is 7.67. The van der Waals surface area contributed by atoms with Gasteiger partial charge in [-0.1, -0.05) is 39.0 Å². The molecular formula is C22H34IN5O2. The molecule has 0 amide bonds. The standard InChI is InChI=1S/C22H33N5O2.HI/c1-22(2,3)18-8-6-7-9-19(18)28-12-10-24-21(23-4)27-11-13-29-20(16-27)17-14-25-26(5)15-17;/h6-9,14-15,20H,10-13,16H2,1-5H3,(H,23,24);1H. The first kappa shape index (κ1) is 24.5. The summed E-state index contributed by atoms with van der Waals surface area (Å²) in [6.07, 6.45) is 3.88. The van der Waals surface area contributed by atoms with Gasteiger partial charge in [0.1, 0.15) is 18.5 Å². The SMILES string of the molecule is CN=C(NCCOc1ccccc1C(C)(C)C)N1CCOC(c2cnn(C)c2)C1.I. The molecule has 2 aromatic rings. The minimum Gasteiger partial charge on any atom is -0.491 e. The topological polar surface area (TPSA) is 63.9 Å². The molecule has 1 aromatic carbocycles. The summed E-state index contributed by atoms with van der Waals surface area (Å²) in [5.74, 6) is 1.81. The highest BCUT2D eigenvalue weighted by Gasteiger charge is 2.25. The predicted octanol–water partition coefficient (Wildman–Crippen LogP) is 3.36. The second-order valence-electron chi connectivity index (χ2n) is 8.32. The Bertz CT molecular complexity index is 831. The Hall–Kier alpha value is -1.81. The van der Waals surface area contributed by atoms with Gasteiger partial charge in [-0.05, 0) is 17.0 Å². The molecule has 1 saturated heterocycles. The number of nitrogens with one attached hydrogen (secondary N) is 1. The number of rotatable bonds is 5. The zero-order chi connectivity index (χ0) is 20.9. The van der Waals surface area contributed by atoms with Gasteiger partial charge >= 0.3 is 0 Å². The lowest BCUT2D eigenvalue weighted by atomic mass is 9.86. The summed E-state index contributed by atoms with van der Waals surface area (Å²) in [7, 11) is 3.73. The van der Waals surface area contributed by atoms with Crippen LogP contribution in [0.4, 0.5) is 0 Å². The van der Waals surface area contributed by atoms with Crippen LogP contribution in [0.25, 0.3) is 0 Å². The predicted molar refractivity (Wildman–Crippen MR) is 131 cm³/mol. The lowest BCUT2D eigenvalue weighted by molar-refractivity contribution is -0.00805. The van der Waals surface area contributed by atoms with Crippen LogP contribution in [0.2, 0.25) is 0 Å². The average molecular weight is 527 g/mol. The quantitative estimate of drug-likeness (QED) is 0.280. The number of benzene rings is 1. The van der Waals surface area contributed by atoms with Crippen LogP contribution in [0.1, 0.15) is 38.0 Å². The maximum atomic E-state index is 6.07. The van der Waals surface area contributed by atoms with Gasteiger partial charge in [0, 0.05) is 32.4 Å². The van der Waals surface area contributed by atoms with Crippen molar-refractivity contribution in [2.45, 2.75) is 32.3 Å². The highest BCUT2D eigenvalue weighted by atomic mass is 127. The van der Waals surface area contributed by atoms with Crippen molar-refractivity contribution in [2.24, 2.45) is 12.0 Å². The number of guanidine groups is 1. The summed E-state index contributed by atoms with van der Waals surface area (Å²) in [6, 6.07) is 8.25. The maximum Gasteiger partial charge on any atom is 0.193 e. The number of aliphatic imine (C=N–C) groups is 1. The van der Waals surface area contributed by atoms with Gasteiger partial charge in [0.25, 0.3) is 0 Å². The molecule has 0 spiro atoms. The van der Waals surface area contributed by atoms with Crippen LogP contribution in [-0.2, 0) is 17.2 Å². The molecule has 1 aliphatic rings. The molecule has 0 saturated carbocycles. The molecule has 8 heteroatoms. The van der Waals surface area contributed by atoms with E-state index in [0.717, 1.165) is 30.4 Å². The van der Waals surface area contributed by atoms with Gasteiger partial charge in [-0.15, -0.1) is 24.0 Å². The van der Waals surface area contributed by atoms with Crippen molar-refractivity contribution in [2.75, 3.05) is 39.9 Å². The van der Waals surface area contributed by atoms with Crippen molar-refractivity contribution in [1.82, 2.24) is 20.0 Å². The smallest absolute Gasteiger partial charge is 0.193 e. The number of halogens is 1. The first-order valence-corrected chi connectivity index (χ1v) is 10.2. The Morgan fingerprint density at radius 2 is 2.10 bits per heavy atom. The number of nitrogens with zero attached hydrogens (tertiary/aromatic N) is 4. The minimum absolute atomic E-state index is 0. The third-order valence-electron chi connectivity index (χ3n) is 5.01. The zero-order valence-corrected chi connectivity index (χ0v) is 20.9. The van der Waals surface area contributed by atoms with Gasteiger partial charge in [-0.3, -0.25) is 9.67 Å². The Kier molecular flexibility index (Phi) is 8.96. The molecule has 1 atom stereocenters. The van der Waals surface area contributed by atoms with Gasteiger partial charge in [-0.2, -0.15) is 5.10 Å². The van der Waals surface area contributed by atoms with E-state index in [2.05, 4.69) is 53.2 Å². The van der Waals surface area contributed by atoms with Crippen LogP contribution in [0, 0.1) is 0 Å². The molecule has 0 aliphatic carbocycles. The number of aromatic nitrogens is 2. The molecule has 1 aromatic heterocycles. The summed E-state index contributed by atoms with van der Waals surface area (Å²) in [5.41, 5.74) is 2.36. The summed E-state index contributed by atoms with van der Waals surface area (Å²) < 4.78 is 13.8. The summed E-state index contributed by atoms with van der Waals surface area (Å²) >= 11 is 0. The largest absolute Gasteiger partial charge is 0.491 e. The van der Waals surface area contributed by atoms with Gasteiger partial charge < -0.3 is 19.7 Å². The highest BCUT2D eigenvalue weighted by Crippen LogP contribution is 2.30. The van der Waals surface area contributed by atoms with E-state index >= 15 is 0 Å². The molecule has 1 aliphatic heterocycles. The van der Waals surface area contributed by atoms with E-state index in [-0.39, 0.29) is 35.5 Å². The summed E-state index contributed by atoms with van der Waals surface area (Å²) in [4.78, 5) is 6.67. The molecule has 30 heavy (non-hydrogen) atoms. The Balaban J connectivity index is 0.00000320. The van der Waals surface area contributed by atoms with E-state index in [9.17, 15) is 0 Å². The normalized spacial score (nSPS) is 17.4. The maximum absolute atomic E-state index is 6.07. The lowest BCUT2D eigenvalue weighted by Crippen LogP contribution is -2.48. The van der Waals surface area contributed by atoms with Gasteiger partial charge in [-0.25, -0.2) is 0 Å². The first-order valence-electron chi connectivity index (χ1n) is 10.2. The fraction of sp³-hybridized carbons (Fsp3) is 0.545. The molecule has 166 valence electrons. The Morgan fingerprint density at radius 1 is 1.33 bits per heavy atom. The van der Waals surface area contributed by atoms with E-state index < -0.39 is 0 Å². The van der Waals surface area contributed by atoms with Crippen molar-refractivity contribution in [3.63, 3.8) is 0 Å². The van der Waals surface area contributed by atoms with Crippen LogP contribution in [0.3, 0.4) is 0 Å². The van der Waals surface area contributed by atoms with E-state index in [4.69, 9.17) is 9.47 Å². The molecule has 0 bridgehead atoms. The van der Waals surface area contributed by atoms with Gasteiger partial charge in [0.05, 0.1) is 25.9 Å². The number of hydrogen-bond acceptors (Lipinski definition) is 4. The second-order valence-corrected chi connectivity index (χ2v) is 8.32. The molecule has 3 rings (SSSR count). The number of ether oxygens (including phenoxy) is 2. The molecular weight excluding hydrogens is 493 g/mol. The Morgan fingerprint density at radius 3 is 2.77 bits per heavy atom. The second kappa shape index (κ2) is 11.0. The first-order chi connectivity index (χ1) is 13.9. The van der Waals surface area contributed by atoms with Crippen LogP contribution < -0.4 is 10.1 Å². The third kappa shape index (κ3) is 6.34. The van der Waals surface area contributed by atoms with E-state index in [1.165, 1.54) is 5.56 Å². The number of hydrogen-bond donors (Lipinski definition) is 1. The minimum atomic E-state index is 0. The summed E-state index contributed by atoms with van der Waals surface area (Å²) in [6.45, 7) is 10.1. The van der Waals surface area contributed by atoms with Crippen LogP contribution in [0.15, 0.2) is 41.7 Å². The highest BCUT2D eigenvalue weighted by molar-refractivity contribution is 14.0. The van der Waals surface area contributed by atoms with Crippen molar-refractivity contribution >= 4 is 29.9 Å². The van der Waals surface area contributed by atoms with Crippen molar-refractivity contribution in [3.8, 4) is 5.75 Å². The van der Waals surface area contributed by atoms with E-state index in [0.29, 0.717) is 19.8 Å². The number of morpholine rings is 1. The fourth-order valence-electron chi connectivity index (χ4n) is 3.52. The number of para-hydroxylation sites is 1. The molecule has 0 radical (unpaired) electrons. The Labute approximate surface area is 196 Å². The average Bonchev–Trinajstić information content (AvgIpc) is 3.14. The van der Waals surface area contributed by atoms with Crippen LogP contribution in [0.5, 0.6) is 5.75 Å². The van der Waals surface area contributed by atoms with E-state index in [1.54, 1.807) is 4.68 Å². The molecule has 1 unspecified atom stereocenters. The van der Waals surface area contributed by atoms with Crippen molar-refractivity contribution < 1.29 is 9.47 Å². The van der Waals surface area contributed by atoms with Crippen LogP contribution >= 0.6 is 24.0 Å². The third-order valence-corrected chi connectivity index (χ3v) is 5.01. The zero-order valence-electron chi connectivity index (χ0n) is 18.6. The molecule has 1 N–H and O–H groups in total. The van der Waals surface area contributed by atoms with E-state index in [1.807, 2.05) is 38.6 Å². The molecule has 2 heterocycles. The fourth-order valence-corrected chi connectivity index (χ4v) is 3.52. The van der Waals surface area contributed by atoms with Gasteiger partial charge in [0.2, 0.25) is 0 Å². The lowest BCUT2D eigenvalue weighted by Gasteiger charge is -2.34.